The summed E-state index contributed by atoms with van der Waals surface area (Å²) in [7, 11) is 19.7. The van der Waals surface area contributed by atoms with E-state index in [1.54, 1.807) is 57.4 Å². The van der Waals surface area contributed by atoms with E-state index in [9.17, 15) is 22.0 Å². The van der Waals surface area contributed by atoms with Crippen molar-refractivity contribution in [1.29, 1.82) is 0 Å². The SMILES string of the molecule is Cc1c(-c2cc(C(C)(C)C)cc[n+]2C)cccc1-n1ccc[n+]1C.Cc1c(-c2cccc[n+]2C)c(F)cc(F)c1-n1ccc[n+]1C.Cc1c(-c2cccc[n+]2C)cc(C(F)(F)F)cc1-n1ccc[n+]1C.Cc1c(-c2cccc[n+]2C)cccc1-n1ccc[n+]1C.Cc1cc(C)c(-n2ccc[n+]2C)c(C)c1-c1cccc[n+]1C. The molecule has 15 aromatic rings. The van der Waals surface area contributed by atoms with Gasteiger partial charge < -0.3 is 0 Å². The van der Waals surface area contributed by atoms with Crippen LogP contribution < -0.4 is 46.2 Å². The van der Waals surface area contributed by atoms with Crippen LogP contribution in [0, 0.1) is 60.1 Å². The van der Waals surface area contributed by atoms with Crippen molar-refractivity contribution in [3.8, 4) is 84.7 Å². The quantitative estimate of drug-likeness (QED) is 0.0968. The number of hydrogen-bond donors (Lipinski definition) is 0. The molecule has 0 N–H and O–H groups in total. The molecule has 15 rings (SSSR count). The zero-order valence-electron chi connectivity index (χ0n) is 68.0. The molecule has 0 fully saturated rings. The van der Waals surface area contributed by atoms with Gasteiger partial charge in [0.2, 0.25) is 28.5 Å². The molecule has 0 aliphatic rings. The second-order valence-electron chi connectivity index (χ2n) is 29.6. The van der Waals surface area contributed by atoms with Gasteiger partial charge in [-0.3, -0.25) is 0 Å². The molecule has 0 spiro atoms. The molecular weight excluding hydrogens is 1410 g/mol. The van der Waals surface area contributed by atoms with Gasteiger partial charge in [-0.2, -0.15) is 13.2 Å². The van der Waals surface area contributed by atoms with E-state index in [1.165, 1.54) is 96.3 Å². The molecule has 572 valence electrons. The number of aromatic nitrogens is 15. The highest BCUT2D eigenvalue weighted by Gasteiger charge is 2.35. The van der Waals surface area contributed by atoms with Crippen LogP contribution in [0.1, 0.15) is 70.8 Å². The highest BCUT2D eigenvalue weighted by molar-refractivity contribution is 5.73. The van der Waals surface area contributed by atoms with Gasteiger partial charge in [-0.15, -0.1) is 46.8 Å². The number of alkyl halides is 3. The van der Waals surface area contributed by atoms with Crippen LogP contribution in [0.5, 0.6) is 0 Å². The predicted molar refractivity (Wildman–Crippen MR) is 425 cm³/mol. The van der Waals surface area contributed by atoms with E-state index < -0.39 is 23.4 Å². The molecule has 10 heterocycles. The Bertz CT molecular complexity index is 5760. The lowest BCUT2D eigenvalue weighted by Gasteiger charge is -2.19. The molecule has 0 saturated heterocycles. The fourth-order valence-electron chi connectivity index (χ4n) is 14.7. The van der Waals surface area contributed by atoms with Crippen LogP contribution >= 0.6 is 0 Å². The topological polar surface area (TPSA) is 63.5 Å². The highest BCUT2D eigenvalue weighted by atomic mass is 19.4. The molecule has 0 aliphatic carbocycles. The lowest BCUT2D eigenvalue weighted by atomic mass is 9.86. The molecule has 5 aromatic carbocycles. The summed E-state index contributed by atoms with van der Waals surface area (Å²) < 4.78 is 98.9. The zero-order chi connectivity index (χ0) is 80.8. The first-order valence-electron chi connectivity index (χ1n) is 37.3. The summed E-state index contributed by atoms with van der Waals surface area (Å²) in [6.45, 7) is 21.3. The first kappa shape index (κ1) is 80.6. The van der Waals surface area contributed by atoms with E-state index in [1.807, 2.05) is 98.3 Å². The molecule has 0 amide bonds. The molecule has 10 aromatic heterocycles. The van der Waals surface area contributed by atoms with E-state index in [0.29, 0.717) is 33.8 Å². The largest absolute Gasteiger partial charge is 0.416 e. The van der Waals surface area contributed by atoms with E-state index in [-0.39, 0.29) is 5.41 Å². The van der Waals surface area contributed by atoms with Crippen molar-refractivity contribution in [3.05, 3.63) is 331 Å². The summed E-state index contributed by atoms with van der Waals surface area (Å²) in [6.07, 6.45) is 25.2. The lowest BCUT2D eigenvalue weighted by molar-refractivity contribution is -0.744. The zero-order valence-corrected chi connectivity index (χ0v) is 68.0. The van der Waals surface area contributed by atoms with Gasteiger partial charge in [0.25, 0.3) is 0 Å². The van der Waals surface area contributed by atoms with Crippen molar-refractivity contribution in [1.82, 2.24) is 23.4 Å². The maximum Gasteiger partial charge on any atom is 0.416 e. The monoisotopic (exact) mass is 1510 g/mol. The summed E-state index contributed by atoms with van der Waals surface area (Å²) in [5.74, 6) is -1.14. The molecule has 0 aliphatic heterocycles. The molecule has 0 unspecified atom stereocenters. The normalized spacial score (nSPS) is 11.3. The molecule has 0 bridgehead atoms. The minimum atomic E-state index is -4.41. The standard InChI is InChI=1S/C21H27N3.C19H23N3.C18H18F3N3.C17H17F2N3.C17H19N3/c1-16-18(9-7-10-19(16)24-13-8-12-23(24)6)20-15-17(21(2,3)4)11-14-22(20)5;1-14-13-15(2)19(22-12-8-11-21(22)5)16(3)18(14)17-9-6-7-10-20(17)4;1-13-15(16-7-4-5-8-22(16)2)11-14(18(19,20)21)12-17(13)24-10-6-9-23(24)3;1-12-16(15-7-4-5-8-20(15)2)13(18)11-14(19)17(12)22-10-6-9-21(22)3;1-14-15(17-9-4-5-11-18(17)2)8-6-10-16(14)20-13-7-12-19(20)3/h7-15H,1-6H3;6-13H,1-5H3;4-12H,1-3H3;4-11H,1-3H3;4-13H,1-3H3/q5*+2. The average Bonchev–Trinajstić information content (AvgIpc) is 1.35. The lowest BCUT2D eigenvalue weighted by Crippen LogP contribution is -2.37. The Labute approximate surface area is 654 Å². The van der Waals surface area contributed by atoms with Crippen LogP contribution in [-0.4, -0.2) is 23.4 Å². The maximum absolute atomic E-state index is 14.4. The fraction of sp³-hybridized carbons (Fsp3) is 0.239. The van der Waals surface area contributed by atoms with Crippen molar-refractivity contribution < 1.29 is 68.2 Å². The molecule has 0 radical (unpaired) electrons. The van der Waals surface area contributed by atoms with Crippen molar-refractivity contribution in [2.75, 3.05) is 0 Å². The van der Waals surface area contributed by atoms with Crippen LogP contribution in [0.2, 0.25) is 0 Å². The Morgan fingerprint density at radius 1 is 0.277 bits per heavy atom. The molecule has 0 atom stereocenters. The molecular formula is C92H104F5N15+10. The van der Waals surface area contributed by atoms with Gasteiger partial charge >= 0.3 is 6.18 Å². The Hall–Kier alpha value is -12.5. The Morgan fingerprint density at radius 2 is 0.652 bits per heavy atom. The first-order chi connectivity index (χ1) is 53.3. The Kier molecular flexibility index (Phi) is 24.3. The van der Waals surface area contributed by atoms with E-state index in [4.69, 9.17) is 0 Å². The van der Waals surface area contributed by atoms with Crippen LogP contribution in [0.3, 0.4) is 0 Å². The first-order valence-corrected chi connectivity index (χ1v) is 37.3. The minimum Gasteiger partial charge on any atom is -0.206 e. The number of halogens is 5. The van der Waals surface area contributed by atoms with Crippen molar-refractivity contribution in [2.45, 2.75) is 80.8 Å². The smallest absolute Gasteiger partial charge is 0.206 e. The summed E-state index contributed by atoms with van der Waals surface area (Å²) in [4.78, 5) is 0. The molecule has 0 saturated carbocycles. The molecule has 20 heteroatoms. The molecule has 112 heavy (non-hydrogen) atoms. The number of benzene rings is 5. The second-order valence-corrected chi connectivity index (χ2v) is 29.6. The molecule has 15 nitrogen and oxygen atoms in total. The van der Waals surface area contributed by atoms with E-state index in [0.717, 1.165) is 17.3 Å². The number of pyridine rings is 5. The van der Waals surface area contributed by atoms with Gasteiger partial charge in [0.15, 0.2) is 103 Å². The van der Waals surface area contributed by atoms with Gasteiger partial charge in [-0.05, 0) is 159 Å². The van der Waals surface area contributed by atoms with Crippen LogP contribution in [0.4, 0.5) is 22.0 Å². The summed E-state index contributed by atoms with van der Waals surface area (Å²) in [5, 5.41) is 0. The van der Waals surface area contributed by atoms with Crippen molar-refractivity contribution in [2.24, 2.45) is 70.5 Å². The number of rotatable bonds is 10. The number of hydrogen-bond acceptors (Lipinski definition) is 0. The van der Waals surface area contributed by atoms with Crippen LogP contribution in [0.25, 0.3) is 84.7 Å². The third kappa shape index (κ3) is 17.1. The maximum atomic E-state index is 14.4. The second kappa shape index (κ2) is 33.8. The summed E-state index contributed by atoms with van der Waals surface area (Å²) in [6, 6.07) is 56.6. The third-order valence-electron chi connectivity index (χ3n) is 20.8. The summed E-state index contributed by atoms with van der Waals surface area (Å²) >= 11 is 0. The minimum absolute atomic E-state index is 0.140. The number of aryl methyl sites for hydroxylation is 12. The van der Waals surface area contributed by atoms with Crippen molar-refractivity contribution >= 4 is 0 Å². The van der Waals surface area contributed by atoms with Crippen LogP contribution in [-0.2, 0) is 82.1 Å². The van der Waals surface area contributed by atoms with E-state index in [2.05, 4.69) is 304 Å². The van der Waals surface area contributed by atoms with Gasteiger partial charge in [0.1, 0.15) is 69.5 Å². The highest BCUT2D eigenvalue weighted by Crippen LogP contribution is 2.38. The van der Waals surface area contributed by atoms with E-state index >= 15 is 0 Å². The predicted octanol–water partition coefficient (Wildman–Crippen LogP) is 13.7. The number of nitrogens with zero attached hydrogens (tertiary/aromatic N) is 15. The third-order valence-corrected chi connectivity index (χ3v) is 20.8. The Balaban J connectivity index is 0.000000139. The average molecular weight is 1510 g/mol. The van der Waals surface area contributed by atoms with Gasteiger partial charge in [0.05, 0.1) is 64.4 Å². The Morgan fingerprint density at radius 3 is 1.07 bits per heavy atom. The fourth-order valence-corrected chi connectivity index (χ4v) is 14.7. The van der Waals surface area contributed by atoms with Gasteiger partial charge in [-0.25, -0.2) is 31.6 Å². The van der Waals surface area contributed by atoms with Gasteiger partial charge in [-0.1, -0.05) is 39.0 Å². The van der Waals surface area contributed by atoms with Crippen LogP contribution in [0.15, 0.2) is 269 Å². The van der Waals surface area contributed by atoms with Gasteiger partial charge in [0, 0.05) is 97.1 Å². The van der Waals surface area contributed by atoms with Crippen molar-refractivity contribution in [3.63, 3.8) is 0 Å². The summed E-state index contributed by atoms with van der Waals surface area (Å²) in [5.41, 5.74) is 23.2.